The monoisotopic (exact) mass is 290 g/mol. The first-order valence-electron chi connectivity index (χ1n) is 6.47. The second-order valence-corrected chi connectivity index (χ2v) is 5.52. The van der Waals surface area contributed by atoms with Gasteiger partial charge in [-0.3, -0.25) is 4.79 Å². The Morgan fingerprint density at radius 3 is 2.65 bits per heavy atom. The van der Waals surface area contributed by atoms with Gasteiger partial charge >= 0.3 is 0 Å². The standard InChI is InChI=1S/C15H18N2O2S/c1-10(16)15-17-13(9-20-15)14(18)8-5-11-3-6-12(19-2)7-4-11/h3-4,6-7,9-10H,5,8,16H2,1-2H3. The first kappa shape index (κ1) is 14.7. The third-order valence-corrected chi connectivity index (χ3v) is 4.04. The maximum absolute atomic E-state index is 12.1. The van der Waals surface area contributed by atoms with Crippen molar-refractivity contribution in [1.29, 1.82) is 0 Å². The highest BCUT2D eigenvalue weighted by molar-refractivity contribution is 7.09. The summed E-state index contributed by atoms with van der Waals surface area (Å²) in [6.07, 6.45) is 1.16. The van der Waals surface area contributed by atoms with E-state index >= 15 is 0 Å². The van der Waals surface area contributed by atoms with Crippen LogP contribution in [0.25, 0.3) is 0 Å². The summed E-state index contributed by atoms with van der Waals surface area (Å²) in [5.41, 5.74) is 7.38. The molecule has 0 radical (unpaired) electrons. The summed E-state index contributed by atoms with van der Waals surface area (Å²) in [6.45, 7) is 1.87. The van der Waals surface area contributed by atoms with Crippen LogP contribution >= 0.6 is 11.3 Å². The molecule has 1 atom stereocenters. The zero-order valence-corrected chi connectivity index (χ0v) is 12.4. The molecule has 0 saturated carbocycles. The fourth-order valence-electron chi connectivity index (χ4n) is 1.80. The molecule has 0 amide bonds. The second kappa shape index (κ2) is 6.63. The van der Waals surface area contributed by atoms with Crippen LogP contribution in [0, 0.1) is 0 Å². The Labute approximate surface area is 122 Å². The molecule has 2 rings (SSSR count). The minimum atomic E-state index is -0.122. The number of aromatic nitrogens is 1. The van der Waals surface area contributed by atoms with E-state index < -0.39 is 0 Å². The van der Waals surface area contributed by atoms with Gasteiger partial charge in [-0.25, -0.2) is 4.98 Å². The highest BCUT2D eigenvalue weighted by Gasteiger charge is 2.12. The number of hydrogen-bond donors (Lipinski definition) is 1. The molecule has 2 aromatic rings. The number of ketones is 1. The number of aryl methyl sites for hydroxylation is 1. The molecule has 0 bridgehead atoms. The molecule has 0 saturated heterocycles. The van der Waals surface area contributed by atoms with Gasteiger partial charge in [-0.1, -0.05) is 12.1 Å². The van der Waals surface area contributed by atoms with Crippen LogP contribution in [0.5, 0.6) is 5.75 Å². The average molecular weight is 290 g/mol. The number of methoxy groups -OCH3 is 1. The fourth-order valence-corrected chi connectivity index (χ4v) is 2.59. The van der Waals surface area contributed by atoms with Gasteiger partial charge in [0.2, 0.25) is 0 Å². The summed E-state index contributed by atoms with van der Waals surface area (Å²) < 4.78 is 5.10. The summed E-state index contributed by atoms with van der Waals surface area (Å²) in [5, 5.41) is 2.59. The molecule has 0 aliphatic heterocycles. The zero-order valence-electron chi connectivity index (χ0n) is 11.6. The Morgan fingerprint density at radius 1 is 1.40 bits per heavy atom. The molecule has 0 aliphatic rings. The summed E-state index contributed by atoms with van der Waals surface area (Å²) in [4.78, 5) is 16.3. The molecular formula is C15H18N2O2S. The van der Waals surface area contributed by atoms with E-state index in [1.54, 1.807) is 12.5 Å². The number of hydrogen-bond acceptors (Lipinski definition) is 5. The zero-order chi connectivity index (χ0) is 14.5. The van der Waals surface area contributed by atoms with E-state index in [1.807, 2.05) is 31.2 Å². The number of nitrogens with two attached hydrogens (primary N) is 1. The van der Waals surface area contributed by atoms with Crippen molar-refractivity contribution in [3.8, 4) is 5.75 Å². The summed E-state index contributed by atoms with van der Waals surface area (Å²) in [7, 11) is 1.64. The quantitative estimate of drug-likeness (QED) is 0.831. The van der Waals surface area contributed by atoms with Crippen molar-refractivity contribution < 1.29 is 9.53 Å². The lowest BCUT2D eigenvalue weighted by atomic mass is 10.1. The lowest BCUT2D eigenvalue weighted by molar-refractivity contribution is 0.0978. The van der Waals surface area contributed by atoms with Gasteiger partial charge in [-0.2, -0.15) is 0 Å². The van der Waals surface area contributed by atoms with E-state index in [2.05, 4.69) is 4.98 Å². The normalized spacial score (nSPS) is 12.2. The van der Waals surface area contributed by atoms with Crippen molar-refractivity contribution in [3.63, 3.8) is 0 Å². The smallest absolute Gasteiger partial charge is 0.182 e. The van der Waals surface area contributed by atoms with Crippen molar-refractivity contribution in [2.45, 2.75) is 25.8 Å². The molecule has 5 heteroatoms. The van der Waals surface area contributed by atoms with E-state index in [4.69, 9.17) is 10.5 Å². The molecule has 2 N–H and O–H groups in total. The fraction of sp³-hybridized carbons (Fsp3) is 0.333. The van der Waals surface area contributed by atoms with Gasteiger partial charge in [0.15, 0.2) is 5.78 Å². The molecule has 106 valence electrons. The maximum atomic E-state index is 12.1. The highest BCUT2D eigenvalue weighted by atomic mass is 32.1. The largest absolute Gasteiger partial charge is 0.497 e. The van der Waals surface area contributed by atoms with Crippen LogP contribution in [-0.2, 0) is 6.42 Å². The number of ether oxygens (including phenoxy) is 1. The summed E-state index contributed by atoms with van der Waals surface area (Å²) >= 11 is 1.44. The number of nitrogens with zero attached hydrogens (tertiary/aromatic N) is 1. The average Bonchev–Trinajstić information content (AvgIpc) is 2.95. The molecular weight excluding hydrogens is 272 g/mol. The van der Waals surface area contributed by atoms with Gasteiger partial charge < -0.3 is 10.5 Å². The number of rotatable bonds is 6. The Bertz CT molecular complexity index is 576. The highest BCUT2D eigenvalue weighted by Crippen LogP contribution is 2.18. The van der Waals surface area contributed by atoms with Gasteiger partial charge in [0.05, 0.1) is 13.2 Å². The molecule has 4 nitrogen and oxygen atoms in total. The van der Waals surface area contributed by atoms with Crippen LogP contribution in [-0.4, -0.2) is 17.9 Å². The summed E-state index contributed by atoms with van der Waals surface area (Å²) in [5.74, 6) is 0.880. The number of thiazole rings is 1. The molecule has 1 aromatic carbocycles. The topological polar surface area (TPSA) is 65.2 Å². The van der Waals surface area contributed by atoms with Crippen molar-refractivity contribution in [1.82, 2.24) is 4.98 Å². The Hall–Kier alpha value is -1.72. The molecule has 0 aliphatic carbocycles. The molecule has 1 unspecified atom stereocenters. The van der Waals surface area contributed by atoms with Crippen LogP contribution in [0.4, 0.5) is 0 Å². The summed E-state index contributed by atoms with van der Waals surface area (Å²) in [6, 6.07) is 7.62. The van der Waals surface area contributed by atoms with Crippen LogP contribution in [0.1, 0.15) is 40.4 Å². The Kier molecular flexibility index (Phi) is 4.87. The third-order valence-electron chi connectivity index (χ3n) is 3.00. The van der Waals surface area contributed by atoms with Crippen LogP contribution in [0.3, 0.4) is 0 Å². The minimum Gasteiger partial charge on any atom is -0.497 e. The van der Waals surface area contributed by atoms with Gasteiger partial charge in [-0.15, -0.1) is 11.3 Å². The molecule has 1 heterocycles. The van der Waals surface area contributed by atoms with Crippen molar-refractivity contribution in [3.05, 3.63) is 45.9 Å². The number of benzene rings is 1. The van der Waals surface area contributed by atoms with Gasteiger partial charge in [0.1, 0.15) is 16.5 Å². The third kappa shape index (κ3) is 3.65. The first-order chi connectivity index (χ1) is 9.60. The Balaban J connectivity index is 1.93. The second-order valence-electron chi connectivity index (χ2n) is 4.63. The molecule has 20 heavy (non-hydrogen) atoms. The van der Waals surface area contributed by atoms with Gasteiger partial charge in [0, 0.05) is 11.8 Å². The lowest BCUT2D eigenvalue weighted by Crippen LogP contribution is -2.06. The number of Topliss-reactive ketones (excluding diaryl/α,β-unsaturated/α-hetero) is 1. The van der Waals surface area contributed by atoms with E-state index in [-0.39, 0.29) is 11.8 Å². The van der Waals surface area contributed by atoms with Crippen molar-refractivity contribution in [2.24, 2.45) is 5.73 Å². The minimum absolute atomic E-state index is 0.0592. The van der Waals surface area contributed by atoms with Gasteiger partial charge in [-0.05, 0) is 31.0 Å². The van der Waals surface area contributed by atoms with Crippen molar-refractivity contribution in [2.75, 3.05) is 7.11 Å². The first-order valence-corrected chi connectivity index (χ1v) is 7.35. The van der Waals surface area contributed by atoms with Crippen molar-refractivity contribution >= 4 is 17.1 Å². The molecule has 0 fully saturated rings. The molecule has 0 spiro atoms. The van der Waals surface area contributed by atoms with Crippen LogP contribution in [0.15, 0.2) is 29.6 Å². The van der Waals surface area contributed by atoms with Crippen LogP contribution < -0.4 is 10.5 Å². The predicted octanol–water partition coefficient (Wildman–Crippen LogP) is 2.99. The Morgan fingerprint density at radius 2 is 2.10 bits per heavy atom. The van der Waals surface area contributed by atoms with E-state index in [0.29, 0.717) is 18.5 Å². The van der Waals surface area contributed by atoms with Crippen LogP contribution in [0.2, 0.25) is 0 Å². The van der Waals surface area contributed by atoms with Gasteiger partial charge in [0.25, 0.3) is 0 Å². The lowest BCUT2D eigenvalue weighted by Gasteiger charge is -2.02. The number of carbonyl (C=O) groups is 1. The van der Waals surface area contributed by atoms with E-state index in [1.165, 1.54) is 11.3 Å². The van der Waals surface area contributed by atoms with E-state index in [0.717, 1.165) is 16.3 Å². The maximum Gasteiger partial charge on any atom is 0.182 e. The molecule has 1 aromatic heterocycles. The van der Waals surface area contributed by atoms with E-state index in [9.17, 15) is 4.79 Å². The SMILES string of the molecule is COc1ccc(CCC(=O)c2csc(C(C)N)n2)cc1. The number of carbonyl (C=O) groups excluding carboxylic acids is 1. The predicted molar refractivity (Wildman–Crippen MR) is 80.4 cm³/mol.